The van der Waals surface area contributed by atoms with Gasteiger partial charge in [0.1, 0.15) is 0 Å². The molecule has 1 N–H and O–H groups in total. The summed E-state index contributed by atoms with van der Waals surface area (Å²) in [7, 11) is 0. The molecule has 0 bridgehead atoms. The Bertz CT molecular complexity index is 460. The maximum absolute atomic E-state index is 12.8. The maximum Gasteiger partial charge on any atom is 0.230 e. The first-order valence-electron chi connectivity index (χ1n) is 7.97. The predicted molar refractivity (Wildman–Crippen MR) is 86.4 cm³/mol. The molecule has 0 radical (unpaired) electrons. The molecule has 3 heterocycles. The molecule has 1 aromatic heterocycles. The van der Waals surface area contributed by atoms with E-state index in [1.54, 1.807) is 11.3 Å². The van der Waals surface area contributed by atoms with Crippen LogP contribution in [-0.4, -0.2) is 55.0 Å². The highest BCUT2D eigenvalue weighted by molar-refractivity contribution is 7.07. The third-order valence-corrected chi connectivity index (χ3v) is 5.75. The topological polar surface area (TPSA) is 35.6 Å². The summed E-state index contributed by atoms with van der Waals surface area (Å²) in [5, 5.41) is 7.71. The quantitative estimate of drug-likeness (QED) is 0.921. The highest BCUT2D eigenvalue weighted by Gasteiger charge is 2.42. The minimum Gasteiger partial charge on any atom is -0.340 e. The number of thiophene rings is 1. The molecule has 1 atom stereocenters. The normalized spacial score (nSPS) is 27.2. The Morgan fingerprint density at radius 1 is 1.38 bits per heavy atom. The number of piperazine rings is 1. The second-order valence-electron chi connectivity index (χ2n) is 6.26. The number of nitrogens with zero attached hydrogens (tertiary/aromatic N) is 2. The van der Waals surface area contributed by atoms with Crippen LogP contribution in [0.2, 0.25) is 0 Å². The summed E-state index contributed by atoms with van der Waals surface area (Å²) >= 11 is 1.75. The SMILES string of the molecule is CCC1(C(=O)N2CCN(Cc3ccsc3)CC2)CCNC1. The average molecular weight is 307 g/mol. The number of carbonyl (C=O) groups is 1. The van der Waals surface area contributed by atoms with E-state index in [4.69, 9.17) is 0 Å². The van der Waals surface area contributed by atoms with Crippen molar-refractivity contribution < 1.29 is 4.79 Å². The van der Waals surface area contributed by atoms with Gasteiger partial charge in [0.25, 0.3) is 0 Å². The second-order valence-corrected chi connectivity index (χ2v) is 7.04. The van der Waals surface area contributed by atoms with Gasteiger partial charge in [-0.1, -0.05) is 6.92 Å². The number of rotatable bonds is 4. The molecule has 0 saturated carbocycles. The van der Waals surface area contributed by atoms with Crippen molar-refractivity contribution in [1.82, 2.24) is 15.1 Å². The molecule has 2 aliphatic rings. The molecule has 2 saturated heterocycles. The standard InChI is InChI=1S/C16H25N3OS/c1-2-16(4-5-17-13-16)15(20)19-8-6-18(7-9-19)11-14-3-10-21-12-14/h3,10,12,17H,2,4-9,11,13H2,1H3. The Balaban J connectivity index is 1.54. The van der Waals surface area contributed by atoms with Crippen molar-refractivity contribution in [3.63, 3.8) is 0 Å². The molecule has 3 rings (SSSR count). The zero-order valence-electron chi connectivity index (χ0n) is 12.8. The lowest BCUT2D eigenvalue weighted by Gasteiger charge is -2.39. The van der Waals surface area contributed by atoms with Gasteiger partial charge in [-0.05, 0) is 41.8 Å². The van der Waals surface area contributed by atoms with Gasteiger partial charge in [-0.25, -0.2) is 0 Å². The van der Waals surface area contributed by atoms with Crippen molar-refractivity contribution in [3.05, 3.63) is 22.4 Å². The molecule has 21 heavy (non-hydrogen) atoms. The number of nitrogens with one attached hydrogen (secondary N) is 1. The second kappa shape index (κ2) is 6.46. The summed E-state index contributed by atoms with van der Waals surface area (Å²) in [6.45, 7) is 8.76. The first kappa shape index (κ1) is 15.0. The van der Waals surface area contributed by atoms with Gasteiger partial charge >= 0.3 is 0 Å². The lowest BCUT2D eigenvalue weighted by molar-refractivity contribution is -0.143. The largest absolute Gasteiger partial charge is 0.340 e. The van der Waals surface area contributed by atoms with E-state index in [9.17, 15) is 4.79 Å². The van der Waals surface area contributed by atoms with Gasteiger partial charge < -0.3 is 10.2 Å². The molecule has 0 aromatic carbocycles. The zero-order chi connectivity index (χ0) is 14.7. The molecule has 1 amide bonds. The summed E-state index contributed by atoms with van der Waals surface area (Å²) < 4.78 is 0. The zero-order valence-corrected chi connectivity index (χ0v) is 13.6. The Morgan fingerprint density at radius 3 is 2.76 bits per heavy atom. The Labute approximate surface area is 131 Å². The number of carbonyl (C=O) groups excluding carboxylic acids is 1. The Kier molecular flexibility index (Phi) is 4.62. The van der Waals surface area contributed by atoms with Gasteiger partial charge in [0.05, 0.1) is 5.41 Å². The van der Waals surface area contributed by atoms with E-state index in [2.05, 4.69) is 38.9 Å². The third kappa shape index (κ3) is 3.15. The van der Waals surface area contributed by atoms with Crippen molar-refractivity contribution in [3.8, 4) is 0 Å². The number of hydrogen-bond acceptors (Lipinski definition) is 4. The summed E-state index contributed by atoms with van der Waals surface area (Å²) in [6.07, 6.45) is 1.95. The number of amides is 1. The monoisotopic (exact) mass is 307 g/mol. The van der Waals surface area contributed by atoms with Gasteiger partial charge in [-0.15, -0.1) is 0 Å². The van der Waals surface area contributed by atoms with E-state index in [1.165, 1.54) is 5.56 Å². The van der Waals surface area contributed by atoms with Crippen LogP contribution in [0.1, 0.15) is 25.3 Å². The molecule has 0 aliphatic carbocycles. The van der Waals surface area contributed by atoms with Crippen molar-refractivity contribution in [2.24, 2.45) is 5.41 Å². The molecule has 1 aromatic rings. The maximum atomic E-state index is 12.8. The van der Waals surface area contributed by atoms with Crippen LogP contribution in [0.3, 0.4) is 0 Å². The molecule has 1 unspecified atom stereocenters. The Hall–Kier alpha value is -0.910. The van der Waals surface area contributed by atoms with Crippen LogP contribution in [0.4, 0.5) is 0 Å². The van der Waals surface area contributed by atoms with Crippen LogP contribution in [0.25, 0.3) is 0 Å². The minimum absolute atomic E-state index is 0.129. The van der Waals surface area contributed by atoms with Gasteiger partial charge in [0.2, 0.25) is 5.91 Å². The van der Waals surface area contributed by atoms with Crippen LogP contribution >= 0.6 is 11.3 Å². The van der Waals surface area contributed by atoms with E-state index in [-0.39, 0.29) is 5.41 Å². The fourth-order valence-electron chi connectivity index (χ4n) is 3.46. The van der Waals surface area contributed by atoms with E-state index >= 15 is 0 Å². The summed E-state index contributed by atoms with van der Waals surface area (Å²) in [5.74, 6) is 0.380. The van der Waals surface area contributed by atoms with Crippen LogP contribution in [0.15, 0.2) is 16.8 Å². The first-order chi connectivity index (χ1) is 10.2. The molecular formula is C16H25N3OS. The Morgan fingerprint density at radius 2 is 2.19 bits per heavy atom. The van der Waals surface area contributed by atoms with E-state index in [1.807, 2.05) is 0 Å². The molecule has 116 valence electrons. The summed E-state index contributed by atoms with van der Waals surface area (Å²) in [5.41, 5.74) is 1.26. The van der Waals surface area contributed by atoms with E-state index in [0.717, 1.165) is 58.7 Å². The van der Waals surface area contributed by atoms with Crippen molar-refractivity contribution in [2.75, 3.05) is 39.3 Å². The predicted octanol–water partition coefficient (Wildman–Crippen LogP) is 1.78. The van der Waals surface area contributed by atoms with E-state index in [0.29, 0.717) is 5.91 Å². The van der Waals surface area contributed by atoms with Crippen molar-refractivity contribution in [2.45, 2.75) is 26.3 Å². The van der Waals surface area contributed by atoms with Crippen LogP contribution in [0.5, 0.6) is 0 Å². The molecule has 4 nitrogen and oxygen atoms in total. The highest BCUT2D eigenvalue weighted by Crippen LogP contribution is 2.32. The molecule has 2 aliphatic heterocycles. The molecule has 5 heteroatoms. The van der Waals surface area contributed by atoms with Gasteiger partial charge in [0, 0.05) is 39.3 Å². The van der Waals surface area contributed by atoms with Crippen LogP contribution in [-0.2, 0) is 11.3 Å². The minimum atomic E-state index is -0.129. The molecular weight excluding hydrogens is 282 g/mol. The van der Waals surface area contributed by atoms with Gasteiger partial charge in [-0.2, -0.15) is 11.3 Å². The molecule has 0 spiro atoms. The summed E-state index contributed by atoms with van der Waals surface area (Å²) in [4.78, 5) is 17.4. The third-order valence-electron chi connectivity index (χ3n) is 5.02. The van der Waals surface area contributed by atoms with E-state index < -0.39 is 0 Å². The van der Waals surface area contributed by atoms with Crippen LogP contribution < -0.4 is 5.32 Å². The lowest BCUT2D eigenvalue weighted by atomic mass is 9.82. The highest BCUT2D eigenvalue weighted by atomic mass is 32.1. The smallest absolute Gasteiger partial charge is 0.230 e. The van der Waals surface area contributed by atoms with Crippen LogP contribution in [0, 0.1) is 5.41 Å². The first-order valence-corrected chi connectivity index (χ1v) is 8.91. The lowest BCUT2D eigenvalue weighted by Crippen LogP contribution is -2.53. The summed E-state index contributed by atoms with van der Waals surface area (Å²) in [6, 6.07) is 2.19. The van der Waals surface area contributed by atoms with Gasteiger partial charge in [-0.3, -0.25) is 9.69 Å². The fraction of sp³-hybridized carbons (Fsp3) is 0.688. The van der Waals surface area contributed by atoms with Gasteiger partial charge in [0.15, 0.2) is 0 Å². The molecule has 2 fully saturated rings. The fourth-order valence-corrected chi connectivity index (χ4v) is 4.12. The van der Waals surface area contributed by atoms with Crippen molar-refractivity contribution >= 4 is 17.2 Å². The number of hydrogen-bond donors (Lipinski definition) is 1. The average Bonchev–Trinajstić information content (AvgIpc) is 3.19. The van der Waals surface area contributed by atoms with Crippen molar-refractivity contribution in [1.29, 1.82) is 0 Å².